The highest BCUT2D eigenvalue weighted by Gasteiger charge is 2.34. The van der Waals surface area contributed by atoms with Crippen LogP contribution in [0.2, 0.25) is 0 Å². The maximum Gasteiger partial charge on any atom is 0.255 e. The first-order chi connectivity index (χ1) is 15.4. The van der Waals surface area contributed by atoms with Crippen molar-refractivity contribution in [3.05, 3.63) is 94.0 Å². The Kier molecular flexibility index (Phi) is 6.46. The number of carbonyl (C=O) groups excluding carboxylic acids is 2. The minimum Gasteiger partial charge on any atom is -0.348 e. The molecule has 1 atom stereocenters. The smallest absolute Gasteiger partial charge is 0.255 e. The standard InChI is InChI=1S/C25H25BrFN3O2/c1-17(2)30(25(32)20-9-3-4-10-21(20)26)16-23(31)29-14-13-28-12-6-11-22(28)24(29)18-7-5-8-19(27)15-18/h3-12,15,17,24H,13-14,16H2,1-2H3/t24-/m0/s1. The fourth-order valence-corrected chi connectivity index (χ4v) is 4.65. The van der Waals surface area contributed by atoms with E-state index >= 15 is 0 Å². The van der Waals surface area contributed by atoms with Gasteiger partial charge < -0.3 is 14.4 Å². The predicted molar refractivity (Wildman–Crippen MR) is 125 cm³/mol. The van der Waals surface area contributed by atoms with Crippen LogP contribution in [0.25, 0.3) is 0 Å². The molecule has 3 aromatic rings. The Labute approximate surface area is 195 Å². The van der Waals surface area contributed by atoms with Crippen LogP contribution >= 0.6 is 15.9 Å². The summed E-state index contributed by atoms with van der Waals surface area (Å²) in [5.41, 5.74) is 2.16. The number of carbonyl (C=O) groups is 2. The van der Waals surface area contributed by atoms with Crippen LogP contribution in [0.15, 0.2) is 71.3 Å². The molecule has 0 spiro atoms. The van der Waals surface area contributed by atoms with Crippen LogP contribution < -0.4 is 0 Å². The number of benzene rings is 2. The fourth-order valence-electron chi connectivity index (χ4n) is 4.19. The second-order valence-electron chi connectivity index (χ2n) is 8.18. The lowest BCUT2D eigenvalue weighted by Gasteiger charge is -2.39. The topological polar surface area (TPSA) is 45.6 Å². The highest BCUT2D eigenvalue weighted by atomic mass is 79.9. The number of halogens is 2. The third kappa shape index (κ3) is 4.35. The zero-order valence-electron chi connectivity index (χ0n) is 18.0. The van der Waals surface area contributed by atoms with Crippen molar-refractivity contribution in [3.63, 3.8) is 0 Å². The first kappa shape index (κ1) is 22.3. The van der Waals surface area contributed by atoms with Crippen LogP contribution in [0.5, 0.6) is 0 Å². The Morgan fingerprint density at radius 1 is 1.09 bits per heavy atom. The van der Waals surface area contributed by atoms with E-state index in [1.807, 2.05) is 50.4 Å². The van der Waals surface area contributed by atoms with Crippen molar-refractivity contribution in [2.45, 2.75) is 32.5 Å². The highest BCUT2D eigenvalue weighted by molar-refractivity contribution is 9.10. The van der Waals surface area contributed by atoms with E-state index in [1.54, 1.807) is 28.0 Å². The van der Waals surface area contributed by atoms with Gasteiger partial charge in [0, 0.05) is 35.5 Å². The van der Waals surface area contributed by atoms with Crippen LogP contribution in [0.1, 0.15) is 41.5 Å². The first-order valence-electron chi connectivity index (χ1n) is 10.6. The second kappa shape index (κ2) is 9.28. The van der Waals surface area contributed by atoms with Gasteiger partial charge in [0.2, 0.25) is 5.91 Å². The molecule has 0 N–H and O–H groups in total. The predicted octanol–water partition coefficient (Wildman–Crippen LogP) is 4.87. The molecule has 0 bridgehead atoms. The molecule has 4 rings (SSSR count). The lowest BCUT2D eigenvalue weighted by Crippen LogP contribution is -2.49. The van der Waals surface area contributed by atoms with E-state index in [-0.39, 0.29) is 30.2 Å². The average Bonchev–Trinajstić information content (AvgIpc) is 3.25. The molecular weight excluding hydrogens is 473 g/mol. The zero-order chi connectivity index (χ0) is 22.8. The molecule has 32 heavy (non-hydrogen) atoms. The molecule has 0 fully saturated rings. The van der Waals surface area contributed by atoms with Crippen molar-refractivity contribution in [3.8, 4) is 0 Å². The van der Waals surface area contributed by atoms with Gasteiger partial charge in [0.25, 0.3) is 5.91 Å². The van der Waals surface area contributed by atoms with E-state index in [1.165, 1.54) is 12.1 Å². The summed E-state index contributed by atoms with van der Waals surface area (Å²) in [6.45, 7) is 4.88. The van der Waals surface area contributed by atoms with Gasteiger partial charge in [-0.05, 0) is 71.7 Å². The third-order valence-electron chi connectivity index (χ3n) is 5.82. The van der Waals surface area contributed by atoms with E-state index in [4.69, 9.17) is 0 Å². The Balaban J connectivity index is 1.64. The summed E-state index contributed by atoms with van der Waals surface area (Å²) < 4.78 is 16.8. The summed E-state index contributed by atoms with van der Waals surface area (Å²) >= 11 is 3.44. The Bertz CT molecular complexity index is 1140. The molecule has 166 valence electrons. The zero-order valence-corrected chi connectivity index (χ0v) is 19.6. The third-order valence-corrected chi connectivity index (χ3v) is 6.51. The van der Waals surface area contributed by atoms with Gasteiger partial charge >= 0.3 is 0 Å². The van der Waals surface area contributed by atoms with Crippen LogP contribution in [-0.2, 0) is 11.3 Å². The van der Waals surface area contributed by atoms with Gasteiger partial charge in [0.1, 0.15) is 12.4 Å². The van der Waals surface area contributed by atoms with Crippen molar-refractivity contribution in [2.24, 2.45) is 0 Å². The number of hydrogen-bond acceptors (Lipinski definition) is 2. The summed E-state index contributed by atoms with van der Waals surface area (Å²) in [4.78, 5) is 30.1. The van der Waals surface area contributed by atoms with Crippen molar-refractivity contribution in [1.82, 2.24) is 14.4 Å². The number of fused-ring (bicyclic) bond motifs is 1. The van der Waals surface area contributed by atoms with Gasteiger partial charge in [-0.25, -0.2) is 4.39 Å². The molecule has 1 aromatic heterocycles. The second-order valence-corrected chi connectivity index (χ2v) is 9.03. The van der Waals surface area contributed by atoms with Crippen molar-refractivity contribution >= 4 is 27.7 Å². The summed E-state index contributed by atoms with van der Waals surface area (Å²) in [6.07, 6.45) is 1.97. The molecule has 2 aromatic carbocycles. The van der Waals surface area contributed by atoms with E-state index in [0.717, 1.165) is 5.69 Å². The van der Waals surface area contributed by atoms with Crippen molar-refractivity contribution < 1.29 is 14.0 Å². The summed E-state index contributed by atoms with van der Waals surface area (Å²) in [7, 11) is 0. The van der Waals surface area contributed by atoms with Gasteiger partial charge in [-0.15, -0.1) is 0 Å². The van der Waals surface area contributed by atoms with Crippen LogP contribution in [0, 0.1) is 5.82 Å². The lowest BCUT2D eigenvalue weighted by atomic mass is 9.99. The molecule has 0 unspecified atom stereocenters. The minimum atomic E-state index is -0.408. The van der Waals surface area contributed by atoms with Crippen molar-refractivity contribution in [2.75, 3.05) is 13.1 Å². The normalized spacial score (nSPS) is 15.5. The Morgan fingerprint density at radius 3 is 2.59 bits per heavy atom. The molecule has 0 aliphatic carbocycles. The molecule has 2 heterocycles. The number of aromatic nitrogens is 1. The largest absolute Gasteiger partial charge is 0.348 e. The quantitative estimate of drug-likeness (QED) is 0.504. The highest BCUT2D eigenvalue weighted by Crippen LogP contribution is 2.33. The van der Waals surface area contributed by atoms with Gasteiger partial charge in [-0.2, -0.15) is 0 Å². The molecule has 7 heteroatoms. The molecule has 0 saturated carbocycles. The molecule has 2 amide bonds. The van der Waals surface area contributed by atoms with E-state index in [0.29, 0.717) is 28.7 Å². The molecular formula is C25H25BrFN3O2. The van der Waals surface area contributed by atoms with Crippen LogP contribution in [0.3, 0.4) is 0 Å². The molecule has 5 nitrogen and oxygen atoms in total. The van der Waals surface area contributed by atoms with Gasteiger partial charge in [0.05, 0.1) is 11.6 Å². The summed E-state index contributed by atoms with van der Waals surface area (Å²) in [5.74, 6) is -0.712. The van der Waals surface area contributed by atoms with Crippen LogP contribution in [-0.4, -0.2) is 45.3 Å². The van der Waals surface area contributed by atoms with Gasteiger partial charge in [-0.3, -0.25) is 9.59 Å². The maximum atomic E-state index is 14.0. The molecule has 0 saturated heterocycles. The number of amides is 2. The number of rotatable bonds is 5. The minimum absolute atomic E-state index is 0.0512. The first-order valence-corrected chi connectivity index (χ1v) is 11.4. The van der Waals surface area contributed by atoms with Crippen LogP contribution in [0.4, 0.5) is 4.39 Å². The SMILES string of the molecule is CC(C)N(CC(=O)N1CCn2cccc2[C@@H]1c1cccc(F)c1)C(=O)c1ccccc1Br. The Hall–Kier alpha value is -2.93. The summed E-state index contributed by atoms with van der Waals surface area (Å²) in [5, 5.41) is 0. The lowest BCUT2D eigenvalue weighted by molar-refractivity contribution is -0.135. The fraction of sp³-hybridized carbons (Fsp3) is 0.280. The van der Waals surface area contributed by atoms with E-state index in [9.17, 15) is 14.0 Å². The Morgan fingerprint density at radius 2 is 1.88 bits per heavy atom. The molecule has 1 aliphatic rings. The molecule has 0 radical (unpaired) electrons. The van der Waals surface area contributed by atoms with E-state index < -0.39 is 6.04 Å². The van der Waals surface area contributed by atoms with Gasteiger partial charge in [-0.1, -0.05) is 24.3 Å². The monoisotopic (exact) mass is 497 g/mol. The summed E-state index contributed by atoms with van der Waals surface area (Å²) in [6, 6.07) is 16.9. The van der Waals surface area contributed by atoms with Gasteiger partial charge in [0.15, 0.2) is 0 Å². The molecule has 1 aliphatic heterocycles. The maximum absolute atomic E-state index is 14.0. The number of hydrogen-bond donors (Lipinski definition) is 0. The van der Waals surface area contributed by atoms with E-state index in [2.05, 4.69) is 20.5 Å². The average molecular weight is 498 g/mol. The number of nitrogens with zero attached hydrogens (tertiary/aromatic N) is 3. The van der Waals surface area contributed by atoms with Crippen molar-refractivity contribution in [1.29, 1.82) is 0 Å².